The largest absolute Gasteiger partial charge is 0.493 e. The molecule has 1 aliphatic heterocycles. The Kier molecular flexibility index (Phi) is 3.28. The summed E-state index contributed by atoms with van der Waals surface area (Å²) in [5.74, 6) is 1.41. The summed E-state index contributed by atoms with van der Waals surface area (Å²) < 4.78 is 6.90. The van der Waals surface area contributed by atoms with E-state index in [1.807, 2.05) is 12.1 Å². The summed E-state index contributed by atoms with van der Waals surface area (Å²) in [6, 6.07) is 10.4. The van der Waals surface area contributed by atoms with E-state index < -0.39 is 0 Å². The molecule has 17 heavy (non-hydrogen) atoms. The van der Waals surface area contributed by atoms with Crippen LogP contribution in [-0.4, -0.2) is 6.61 Å². The first-order valence-corrected chi connectivity index (χ1v) is 7.95. The van der Waals surface area contributed by atoms with Crippen molar-refractivity contribution in [2.75, 3.05) is 6.61 Å². The van der Waals surface area contributed by atoms with E-state index in [1.165, 1.54) is 14.9 Å². The number of alkyl halides is 1. The monoisotopic (exact) mass is 372 g/mol. The summed E-state index contributed by atoms with van der Waals surface area (Å²) in [5.41, 5.74) is 1.30. The van der Waals surface area contributed by atoms with Crippen molar-refractivity contribution < 1.29 is 4.74 Å². The number of ether oxygens (including phenoxy) is 1. The van der Waals surface area contributed by atoms with Crippen molar-refractivity contribution in [3.05, 3.63) is 50.6 Å². The first kappa shape index (κ1) is 11.8. The highest BCUT2D eigenvalue weighted by atomic mass is 79.9. The van der Waals surface area contributed by atoms with Crippen LogP contribution < -0.4 is 4.74 Å². The fraction of sp³-hybridized carbons (Fsp3) is 0.231. The van der Waals surface area contributed by atoms with Gasteiger partial charge in [-0.3, -0.25) is 0 Å². The van der Waals surface area contributed by atoms with Crippen LogP contribution in [0.1, 0.15) is 21.2 Å². The summed E-state index contributed by atoms with van der Waals surface area (Å²) >= 11 is 9.18. The second-order valence-corrected chi connectivity index (χ2v) is 6.78. The van der Waals surface area contributed by atoms with E-state index in [-0.39, 0.29) is 0 Å². The zero-order chi connectivity index (χ0) is 11.8. The van der Waals surface area contributed by atoms with E-state index in [1.54, 1.807) is 11.3 Å². The number of hydrogen-bond acceptors (Lipinski definition) is 2. The number of thiophene rings is 1. The average Bonchev–Trinajstić information content (AvgIpc) is 2.94. The Morgan fingerprint density at radius 2 is 2.12 bits per heavy atom. The van der Waals surface area contributed by atoms with E-state index in [9.17, 15) is 0 Å². The molecule has 2 aromatic rings. The molecule has 0 amide bonds. The van der Waals surface area contributed by atoms with Crippen molar-refractivity contribution in [3.8, 4) is 5.75 Å². The predicted molar refractivity (Wildman–Crippen MR) is 78.4 cm³/mol. The zero-order valence-electron chi connectivity index (χ0n) is 8.90. The molecule has 2 heterocycles. The topological polar surface area (TPSA) is 9.23 Å². The van der Waals surface area contributed by atoms with Crippen LogP contribution in [0.5, 0.6) is 5.75 Å². The molecule has 0 aliphatic carbocycles. The molecule has 1 aliphatic rings. The van der Waals surface area contributed by atoms with E-state index in [0.29, 0.717) is 10.7 Å². The first-order valence-electron chi connectivity index (χ1n) is 5.36. The summed E-state index contributed by atoms with van der Waals surface area (Å²) in [7, 11) is 0. The van der Waals surface area contributed by atoms with Gasteiger partial charge in [-0.2, -0.15) is 0 Å². The van der Waals surface area contributed by atoms with Crippen LogP contribution in [0.3, 0.4) is 0 Å². The maximum Gasteiger partial charge on any atom is 0.122 e. The zero-order valence-corrected chi connectivity index (χ0v) is 12.9. The Morgan fingerprint density at radius 3 is 2.88 bits per heavy atom. The summed E-state index contributed by atoms with van der Waals surface area (Å²) in [6.07, 6.45) is 0. The lowest BCUT2D eigenvalue weighted by atomic mass is 9.97. The van der Waals surface area contributed by atoms with E-state index in [4.69, 9.17) is 4.74 Å². The van der Waals surface area contributed by atoms with Gasteiger partial charge in [0.25, 0.3) is 0 Å². The average molecular weight is 374 g/mol. The van der Waals surface area contributed by atoms with Crippen LogP contribution in [0, 0.1) is 0 Å². The molecule has 0 radical (unpaired) electrons. The third-order valence-corrected chi connectivity index (χ3v) is 6.34. The Hall–Kier alpha value is -0.320. The molecular weight excluding hydrogens is 364 g/mol. The molecule has 0 spiro atoms. The molecule has 0 saturated heterocycles. The summed E-state index contributed by atoms with van der Waals surface area (Å²) in [6.45, 7) is 0.750. The van der Waals surface area contributed by atoms with Gasteiger partial charge in [0.05, 0.1) is 11.4 Å². The van der Waals surface area contributed by atoms with Crippen molar-refractivity contribution in [2.45, 2.75) is 10.7 Å². The second kappa shape index (κ2) is 4.75. The van der Waals surface area contributed by atoms with Crippen LogP contribution in [0.2, 0.25) is 0 Å². The number of hydrogen-bond donors (Lipinski definition) is 0. The molecule has 88 valence electrons. The highest BCUT2D eigenvalue weighted by Gasteiger charge is 2.32. The highest BCUT2D eigenvalue weighted by Crippen LogP contribution is 2.48. The van der Waals surface area contributed by atoms with Crippen molar-refractivity contribution in [2.24, 2.45) is 0 Å². The van der Waals surface area contributed by atoms with Gasteiger partial charge in [0.2, 0.25) is 0 Å². The van der Waals surface area contributed by atoms with E-state index in [2.05, 4.69) is 55.4 Å². The SMILES string of the molecule is Brc1ccsc1C(Br)C1COc2ccccc21. The highest BCUT2D eigenvalue weighted by molar-refractivity contribution is 9.11. The molecule has 0 N–H and O–H groups in total. The van der Waals surface area contributed by atoms with Crippen molar-refractivity contribution in [3.63, 3.8) is 0 Å². The van der Waals surface area contributed by atoms with Crippen LogP contribution in [0.25, 0.3) is 0 Å². The summed E-state index contributed by atoms with van der Waals surface area (Å²) in [5, 5.41) is 2.11. The Bertz CT molecular complexity index is 538. The molecule has 1 aromatic heterocycles. The lowest BCUT2D eigenvalue weighted by Gasteiger charge is -2.15. The Labute approximate surface area is 121 Å². The normalized spacial score (nSPS) is 19.8. The van der Waals surface area contributed by atoms with Crippen LogP contribution in [-0.2, 0) is 0 Å². The Balaban J connectivity index is 1.95. The van der Waals surface area contributed by atoms with Gasteiger partial charge >= 0.3 is 0 Å². The number of benzene rings is 1. The molecule has 0 fully saturated rings. The molecule has 4 heteroatoms. The first-order chi connectivity index (χ1) is 8.27. The molecule has 2 unspecified atom stereocenters. The maximum absolute atomic E-state index is 5.73. The second-order valence-electron chi connectivity index (χ2n) is 3.99. The van der Waals surface area contributed by atoms with Crippen LogP contribution >= 0.6 is 43.2 Å². The molecule has 1 nitrogen and oxygen atoms in total. The molecule has 3 rings (SSSR count). The van der Waals surface area contributed by atoms with Crippen LogP contribution in [0.15, 0.2) is 40.2 Å². The fourth-order valence-electron chi connectivity index (χ4n) is 2.11. The quantitative estimate of drug-likeness (QED) is 0.663. The van der Waals surface area contributed by atoms with Gasteiger partial charge in [0.15, 0.2) is 0 Å². The van der Waals surface area contributed by atoms with Crippen molar-refractivity contribution in [1.29, 1.82) is 0 Å². The van der Waals surface area contributed by atoms with Gasteiger partial charge in [-0.15, -0.1) is 11.3 Å². The maximum atomic E-state index is 5.73. The van der Waals surface area contributed by atoms with Gasteiger partial charge < -0.3 is 4.74 Å². The van der Waals surface area contributed by atoms with E-state index >= 15 is 0 Å². The van der Waals surface area contributed by atoms with Crippen molar-refractivity contribution >= 4 is 43.2 Å². The summed E-state index contributed by atoms with van der Waals surface area (Å²) in [4.78, 5) is 1.64. The molecular formula is C13H10Br2OS. The third-order valence-electron chi connectivity index (χ3n) is 2.99. The fourth-order valence-corrected chi connectivity index (χ4v) is 5.09. The minimum Gasteiger partial charge on any atom is -0.493 e. The number of fused-ring (bicyclic) bond motifs is 1. The standard InChI is InChI=1S/C13H10Br2OS/c14-10-5-6-17-13(10)12(15)9-7-16-11-4-2-1-3-8(9)11/h1-6,9,12H,7H2. The Morgan fingerprint density at radius 1 is 1.29 bits per heavy atom. The van der Waals surface area contributed by atoms with Gasteiger partial charge in [0, 0.05) is 20.8 Å². The predicted octanol–water partition coefficient (Wildman–Crippen LogP) is 5.12. The number of para-hydroxylation sites is 1. The molecule has 0 bridgehead atoms. The van der Waals surface area contributed by atoms with Gasteiger partial charge in [0.1, 0.15) is 5.75 Å². The lowest BCUT2D eigenvalue weighted by Crippen LogP contribution is -2.06. The molecule has 2 atom stereocenters. The number of halogens is 2. The third kappa shape index (κ3) is 2.07. The lowest BCUT2D eigenvalue weighted by molar-refractivity contribution is 0.330. The van der Waals surface area contributed by atoms with E-state index in [0.717, 1.165) is 12.4 Å². The number of rotatable bonds is 2. The van der Waals surface area contributed by atoms with Crippen molar-refractivity contribution in [1.82, 2.24) is 0 Å². The minimum absolute atomic E-state index is 0.306. The minimum atomic E-state index is 0.306. The van der Waals surface area contributed by atoms with Gasteiger partial charge in [-0.05, 0) is 33.4 Å². The van der Waals surface area contributed by atoms with Gasteiger partial charge in [-0.25, -0.2) is 0 Å². The van der Waals surface area contributed by atoms with Crippen LogP contribution in [0.4, 0.5) is 0 Å². The smallest absolute Gasteiger partial charge is 0.122 e. The molecule has 1 aromatic carbocycles. The van der Waals surface area contributed by atoms with Gasteiger partial charge in [-0.1, -0.05) is 34.1 Å². The molecule has 0 saturated carbocycles.